The van der Waals surface area contributed by atoms with Crippen LogP contribution in [0.1, 0.15) is 33.6 Å². The summed E-state index contributed by atoms with van der Waals surface area (Å²) in [7, 11) is -3.71. The number of sulfonamides is 1. The molecule has 0 spiro atoms. The average molecular weight is 375 g/mol. The lowest BCUT2D eigenvalue weighted by Crippen LogP contribution is -2.40. The van der Waals surface area contributed by atoms with Crippen molar-refractivity contribution in [2.45, 2.75) is 44.0 Å². The van der Waals surface area contributed by atoms with E-state index in [1.54, 1.807) is 51.1 Å². The summed E-state index contributed by atoms with van der Waals surface area (Å²) in [5.74, 6) is 0.876. The second-order valence-corrected chi connectivity index (χ2v) is 9.17. The van der Waals surface area contributed by atoms with E-state index in [1.807, 2.05) is 0 Å². The van der Waals surface area contributed by atoms with Crippen LogP contribution in [0.15, 0.2) is 35.2 Å². The number of nitrogens with zero attached hydrogens (tertiary/aromatic N) is 3. The highest BCUT2D eigenvalue weighted by molar-refractivity contribution is 7.89. The summed E-state index contributed by atoms with van der Waals surface area (Å²) in [4.78, 5) is 11.2. The first-order chi connectivity index (χ1) is 12.2. The van der Waals surface area contributed by atoms with E-state index in [0.29, 0.717) is 23.0 Å². The van der Waals surface area contributed by atoms with Gasteiger partial charge in [-0.15, -0.1) is 0 Å². The molecule has 2 aromatic rings. The molecular formula is C18H25N5O2S. The number of nitrogens with two attached hydrogens (primary N) is 1. The fourth-order valence-corrected chi connectivity index (χ4v) is 4.66. The van der Waals surface area contributed by atoms with E-state index in [0.717, 1.165) is 25.9 Å². The van der Waals surface area contributed by atoms with Gasteiger partial charge >= 0.3 is 0 Å². The Kier molecular flexibility index (Phi) is 4.90. The molecule has 8 heteroatoms. The Bertz CT molecular complexity index is 900. The van der Waals surface area contributed by atoms with E-state index in [-0.39, 0.29) is 4.90 Å². The Morgan fingerprint density at radius 3 is 2.42 bits per heavy atom. The number of nitrogen functional groups attached to an aromatic ring is 1. The van der Waals surface area contributed by atoms with Gasteiger partial charge in [-0.3, -0.25) is 0 Å². The first-order valence-electron chi connectivity index (χ1n) is 8.69. The van der Waals surface area contributed by atoms with Gasteiger partial charge < -0.3 is 10.6 Å². The third kappa shape index (κ3) is 4.13. The van der Waals surface area contributed by atoms with Crippen molar-refractivity contribution in [3.8, 4) is 11.3 Å². The lowest BCUT2D eigenvalue weighted by atomic mass is 10.1. The topological polar surface area (TPSA) is 101 Å². The van der Waals surface area contributed by atoms with Gasteiger partial charge in [0, 0.05) is 30.3 Å². The molecule has 0 bridgehead atoms. The maximum absolute atomic E-state index is 12.9. The predicted molar refractivity (Wildman–Crippen MR) is 103 cm³/mol. The Morgan fingerprint density at radius 1 is 1.12 bits per heavy atom. The maximum Gasteiger partial charge on any atom is 0.241 e. The summed E-state index contributed by atoms with van der Waals surface area (Å²) in [6.45, 7) is 7.19. The molecule has 0 saturated carbocycles. The van der Waals surface area contributed by atoms with Crippen molar-refractivity contribution in [1.82, 2.24) is 14.7 Å². The van der Waals surface area contributed by atoms with E-state index in [4.69, 9.17) is 5.73 Å². The minimum atomic E-state index is -3.71. The number of rotatable bonds is 4. The number of nitrogens with one attached hydrogen (secondary N) is 1. The minimum absolute atomic E-state index is 0.181. The van der Waals surface area contributed by atoms with Crippen LogP contribution in [-0.4, -0.2) is 37.0 Å². The highest BCUT2D eigenvalue weighted by Gasteiger charge is 2.26. The van der Waals surface area contributed by atoms with Crippen molar-refractivity contribution in [2.24, 2.45) is 0 Å². The van der Waals surface area contributed by atoms with Crippen LogP contribution in [0.2, 0.25) is 0 Å². The summed E-state index contributed by atoms with van der Waals surface area (Å²) in [5, 5.41) is 0. The summed E-state index contributed by atoms with van der Waals surface area (Å²) in [6, 6.07) is 8.43. The molecule has 1 fully saturated rings. The number of hydrogen-bond donors (Lipinski definition) is 2. The molecule has 0 radical (unpaired) electrons. The lowest BCUT2D eigenvalue weighted by Gasteiger charge is -2.22. The van der Waals surface area contributed by atoms with Crippen molar-refractivity contribution in [2.75, 3.05) is 23.7 Å². The SMILES string of the molecule is CC(C)(C)NS(=O)(=O)c1ccccc1-c1cc(N)nc(N2CCCC2)n1. The van der Waals surface area contributed by atoms with Crippen molar-refractivity contribution < 1.29 is 8.42 Å². The molecule has 0 amide bonds. The normalized spacial score (nSPS) is 15.4. The molecule has 0 aliphatic carbocycles. The fourth-order valence-electron chi connectivity index (χ4n) is 3.02. The van der Waals surface area contributed by atoms with Gasteiger partial charge in [0.05, 0.1) is 10.6 Å². The van der Waals surface area contributed by atoms with Gasteiger partial charge in [-0.2, -0.15) is 4.98 Å². The van der Waals surface area contributed by atoms with E-state index >= 15 is 0 Å². The van der Waals surface area contributed by atoms with Crippen molar-refractivity contribution >= 4 is 21.8 Å². The van der Waals surface area contributed by atoms with Crippen LogP contribution >= 0.6 is 0 Å². The van der Waals surface area contributed by atoms with Gasteiger partial charge in [-0.1, -0.05) is 18.2 Å². The smallest absolute Gasteiger partial charge is 0.241 e. The van der Waals surface area contributed by atoms with E-state index in [2.05, 4.69) is 19.6 Å². The third-order valence-corrected chi connectivity index (χ3v) is 5.83. The molecule has 7 nitrogen and oxygen atoms in total. The summed E-state index contributed by atoms with van der Waals surface area (Å²) < 4.78 is 28.4. The van der Waals surface area contributed by atoms with Gasteiger partial charge in [0.2, 0.25) is 16.0 Å². The second-order valence-electron chi connectivity index (χ2n) is 7.52. The molecule has 140 valence electrons. The standard InChI is InChI=1S/C18H25N5O2S/c1-18(2,3)22-26(24,25)15-9-5-4-8-13(15)14-12-16(19)21-17(20-14)23-10-6-7-11-23/h4-5,8-9,12,22H,6-7,10-11H2,1-3H3,(H2,19,20,21). The Balaban J connectivity index is 2.08. The fraction of sp³-hybridized carbons (Fsp3) is 0.444. The van der Waals surface area contributed by atoms with Crippen LogP contribution in [0.5, 0.6) is 0 Å². The zero-order valence-electron chi connectivity index (χ0n) is 15.4. The molecule has 3 N–H and O–H groups in total. The summed E-state index contributed by atoms with van der Waals surface area (Å²) in [5.41, 5.74) is 6.42. The molecule has 0 atom stereocenters. The van der Waals surface area contributed by atoms with Crippen LogP contribution in [-0.2, 0) is 10.0 Å². The van der Waals surface area contributed by atoms with Crippen LogP contribution in [0.4, 0.5) is 11.8 Å². The van der Waals surface area contributed by atoms with E-state index < -0.39 is 15.6 Å². The summed E-state index contributed by atoms with van der Waals surface area (Å²) >= 11 is 0. The largest absolute Gasteiger partial charge is 0.384 e. The molecule has 1 aliphatic heterocycles. The first kappa shape index (κ1) is 18.6. The minimum Gasteiger partial charge on any atom is -0.384 e. The number of benzene rings is 1. The Hall–Kier alpha value is -2.19. The second kappa shape index (κ2) is 6.85. The number of aromatic nitrogens is 2. The summed E-state index contributed by atoms with van der Waals surface area (Å²) in [6.07, 6.45) is 2.18. The molecule has 1 aromatic heterocycles. The molecule has 3 rings (SSSR count). The van der Waals surface area contributed by atoms with Gasteiger partial charge in [0.25, 0.3) is 0 Å². The quantitative estimate of drug-likeness (QED) is 0.851. The van der Waals surface area contributed by atoms with Gasteiger partial charge in [-0.25, -0.2) is 18.1 Å². The van der Waals surface area contributed by atoms with Gasteiger partial charge in [0.15, 0.2) is 0 Å². The molecular weight excluding hydrogens is 350 g/mol. The van der Waals surface area contributed by atoms with Crippen molar-refractivity contribution in [3.63, 3.8) is 0 Å². The molecule has 1 saturated heterocycles. The number of anilines is 2. The molecule has 1 aliphatic rings. The van der Waals surface area contributed by atoms with E-state index in [9.17, 15) is 8.42 Å². The molecule has 1 aromatic carbocycles. The first-order valence-corrected chi connectivity index (χ1v) is 10.2. The van der Waals surface area contributed by atoms with Crippen molar-refractivity contribution in [3.05, 3.63) is 30.3 Å². The zero-order chi connectivity index (χ0) is 18.9. The molecule has 2 heterocycles. The van der Waals surface area contributed by atoms with E-state index in [1.165, 1.54) is 0 Å². The number of hydrogen-bond acceptors (Lipinski definition) is 6. The maximum atomic E-state index is 12.9. The third-order valence-electron chi connectivity index (χ3n) is 4.02. The molecule has 0 unspecified atom stereocenters. The van der Waals surface area contributed by atoms with Crippen LogP contribution in [0.25, 0.3) is 11.3 Å². The van der Waals surface area contributed by atoms with Gasteiger partial charge in [0.1, 0.15) is 5.82 Å². The van der Waals surface area contributed by atoms with Crippen LogP contribution in [0, 0.1) is 0 Å². The average Bonchev–Trinajstić information content (AvgIpc) is 3.06. The van der Waals surface area contributed by atoms with Crippen LogP contribution in [0.3, 0.4) is 0 Å². The predicted octanol–water partition coefficient (Wildman–Crippen LogP) is 2.40. The molecule has 26 heavy (non-hydrogen) atoms. The van der Waals surface area contributed by atoms with Crippen LogP contribution < -0.4 is 15.4 Å². The van der Waals surface area contributed by atoms with Gasteiger partial charge in [-0.05, 0) is 39.7 Å². The van der Waals surface area contributed by atoms with Crippen molar-refractivity contribution in [1.29, 1.82) is 0 Å². The highest BCUT2D eigenvalue weighted by Crippen LogP contribution is 2.29. The Morgan fingerprint density at radius 2 is 1.77 bits per heavy atom. The lowest BCUT2D eigenvalue weighted by molar-refractivity contribution is 0.491. The Labute approximate surface area is 154 Å². The highest BCUT2D eigenvalue weighted by atomic mass is 32.2. The monoisotopic (exact) mass is 375 g/mol. The zero-order valence-corrected chi connectivity index (χ0v) is 16.2.